The van der Waals surface area contributed by atoms with Crippen LogP contribution in [0.3, 0.4) is 0 Å². The quantitative estimate of drug-likeness (QED) is 0.210. The largest absolute Gasteiger partial charge is 0.493 e. The average Bonchev–Trinajstić information content (AvgIpc) is 3.33. The number of para-hydroxylation sites is 1. The van der Waals surface area contributed by atoms with Crippen LogP contribution in [0.1, 0.15) is 11.1 Å². The van der Waals surface area contributed by atoms with E-state index in [4.69, 9.17) is 9.47 Å². The fraction of sp³-hybridized carbons (Fsp3) is 0.208. The molecule has 4 rings (SSSR count). The van der Waals surface area contributed by atoms with Gasteiger partial charge in [-0.3, -0.25) is 0 Å². The topological polar surface area (TPSA) is 74.1 Å². The Morgan fingerprint density at radius 3 is 2.62 bits per heavy atom. The van der Waals surface area contributed by atoms with E-state index in [1.807, 2.05) is 42.5 Å². The minimum absolute atomic E-state index is 0.118. The van der Waals surface area contributed by atoms with Crippen LogP contribution in [0.4, 0.5) is 4.39 Å². The van der Waals surface area contributed by atoms with E-state index >= 15 is 0 Å². The highest BCUT2D eigenvalue weighted by Crippen LogP contribution is 2.34. The predicted octanol–water partition coefficient (Wildman–Crippen LogP) is 5.03. The third kappa shape index (κ3) is 6.13. The maximum atomic E-state index is 13.9. The molecule has 0 amide bonds. The molecule has 34 heavy (non-hydrogen) atoms. The number of rotatable bonds is 11. The van der Waals surface area contributed by atoms with Crippen molar-refractivity contribution in [2.45, 2.75) is 18.3 Å². The number of methoxy groups -OCH3 is 1. The number of thioether (sulfide) groups is 1. The summed E-state index contributed by atoms with van der Waals surface area (Å²) in [5.74, 6) is 1.64. The molecule has 0 spiro atoms. The van der Waals surface area contributed by atoms with Crippen LogP contribution in [0, 0.1) is 5.82 Å². The highest BCUT2D eigenvalue weighted by molar-refractivity contribution is 9.10. The third-order valence-corrected chi connectivity index (χ3v) is 6.60. The molecule has 4 aromatic rings. The Balaban J connectivity index is 1.30. The molecule has 0 bridgehead atoms. The molecule has 0 radical (unpaired) electrons. The number of benzene rings is 3. The first-order valence-electron chi connectivity index (χ1n) is 10.6. The fourth-order valence-electron chi connectivity index (χ4n) is 3.19. The van der Waals surface area contributed by atoms with E-state index in [1.54, 1.807) is 41.8 Å². The second-order valence-electron chi connectivity index (χ2n) is 7.21. The Bertz CT molecular complexity index is 1230. The summed E-state index contributed by atoms with van der Waals surface area (Å²) >= 11 is 5.18. The summed E-state index contributed by atoms with van der Waals surface area (Å²) < 4.78 is 27.8. The Hall–Kier alpha value is -2.95. The van der Waals surface area contributed by atoms with Crippen molar-refractivity contribution in [2.24, 2.45) is 0 Å². The van der Waals surface area contributed by atoms with Gasteiger partial charge in [-0.2, -0.15) is 4.68 Å². The molecule has 0 aliphatic carbocycles. The molecule has 0 aliphatic rings. The van der Waals surface area contributed by atoms with Crippen LogP contribution in [0.25, 0.3) is 5.69 Å². The molecule has 176 valence electrons. The molecular formula is C24H23BrFN5O2S. The standard InChI is InChI=1S/C24H23BrFN5O2S/c1-32-22-13-18(20(25)14-23(22)33-16-17-7-5-6-10-21(17)26)15-27-11-12-34-24-28-29-30-31(24)19-8-3-2-4-9-19/h2-10,13-14,27H,11-12,15-16H2,1H3. The number of halogens is 2. The Morgan fingerprint density at radius 2 is 1.82 bits per heavy atom. The van der Waals surface area contributed by atoms with Gasteiger partial charge in [0.1, 0.15) is 12.4 Å². The summed E-state index contributed by atoms with van der Waals surface area (Å²) in [7, 11) is 1.59. The van der Waals surface area contributed by atoms with Crippen molar-refractivity contribution >= 4 is 27.7 Å². The summed E-state index contributed by atoms with van der Waals surface area (Å²) in [6, 6.07) is 20.1. The van der Waals surface area contributed by atoms with Gasteiger partial charge in [-0.05, 0) is 46.3 Å². The van der Waals surface area contributed by atoms with Crippen LogP contribution >= 0.6 is 27.7 Å². The van der Waals surface area contributed by atoms with Crippen LogP contribution in [0.15, 0.2) is 76.4 Å². The van der Waals surface area contributed by atoms with Gasteiger partial charge in [0, 0.05) is 28.9 Å². The zero-order valence-corrected chi connectivity index (χ0v) is 20.9. The molecule has 0 unspecified atom stereocenters. The lowest BCUT2D eigenvalue weighted by Gasteiger charge is -2.15. The summed E-state index contributed by atoms with van der Waals surface area (Å²) in [6.45, 7) is 1.51. The third-order valence-electron chi connectivity index (χ3n) is 4.94. The monoisotopic (exact) mass is 543 g/mol. The summed E-state index contributed by atoms with van der Waals surface area (Å²) in [5, 5.41) is 16.1. The maximum Gasteiger partial charge on any atom is 0.214 e. The minimum atomic E-state index is -0.294. The molecule has 0 saturated heterocycles. The first kappa shape index (κ1) is 24.2. The lowest BCUT2D eigenvalue weighted by Crippen LogP contribution is -2.17. The van der Waals surface area contributed by atoms with E-state index in [0.29, 0.717) is 23.6 Å². The van der Waals surface area contributed by atoms with Gasteiger partial charge in [0.05, 0.1) is 12.8 Å². The van der Waals surface area contributed by atoms with Crippen molar-refractivity contribution in [1.29, 1.82) is 0 Å². The van der Waals surface area contributed by atoms with Gasteiger partial charge in [0.25, 0.3) is 0 Å². The van der Waals surface area contributed by atoms with Gasteiger partial charge in [0.2, 0.25) is 5.16 Å². The Kier molecular flexibility index (Phi) is 8.51. The Labute approximate surface area is 209 Å². The van der Waals surface area contributed by atoms with E-state index in [1.165, 1.54) is 6.07 Å². The minimum Gasteiger partial charge on any atom is -0.493 e. The van der Waals surface area contributed by atoms with Gasteiger partial charge in [-0.25, -0.2) is 4.39 Å². The normalized spacial score (nSPS) is 10.9. The summed E-state index contributed by atoms with van der Waals surface area (Å²) in [4.78, 5) is 0. The van der Waals surface area contributed by atoms with Crippen LogP contribution < -0.4 is 14.8 Å². The number of hydrogen-bond acceptors (Lipinski definition) is 7. The van der Waals surface area contributed by atoms with Gasteiger partial charge in [0.15, 0.2) is 11.5 Å². The van der Waals surface area contributed by atoms with Crippen LogP contribution in [-0.4, -0.2) is 39.6 Å². The van der Waals surface area contributed by atoms with E-state index in [2.05, 4.69) is 36.8 Å². The van der Waals surface area contributed by atoms with E-state index in [0.717, 1.165) is 33.2 Å². The zero-order chi connectivity index (χ0) is 23.8. The van der Waals surface area contributed by atoms with Gasteiger partial charge >= 0.3 is 0 Å². The first-order chi connectivity index (χ1) is 16.7. The van der Waals surface area contributed by atoms with Crippen molar-refractivity contribution in [2.75, 3.05) is 19.4 Å². The zero-order valence-electron chi connectivity index (χ0n) is 18.4. The SMILES string of the molecule is COc1cc(CNCCSc2nnnn2-c2ccccc2)c(Br)cc1OCc1ccccc1F. The van der Waals surface area contributed by atoms with Gasteiger partial charge in [-0.15, -0.1) is 5.10 Å². The number of tetrazole rings is 1. The fourth-order valence-corrected chi connectivity index (χ4v) is 4.44. The molecule has 1 N–H and O–H groups in total. The molecular weight excluding hydrogens is 521 g/mol. The second-order valence-corrected chi connectivity index (χ2v) is 9.13. The van der Waals surface area contributed by atoms with Gasteiger partial charge in [-0.1, -0.05) is 64.1 Å². The number of nitrogens with one attached hydrogen (secondary N) is 1. The smallest absolute Gasteiger partial charge is 0.214 e. The van der Waals surface area contributed by atoms with Crippen molar-refractivity contribution in [3.05, 3.63) is 88.1 Å². The molecule has 3 aromatic carbocycles. The lowest BCUT2D eigenvalue weighted by molar-refractivity contribution is 0.279. The molecule has 0 aliphatic heterocycles. The first-order valence-corrected chi connectivity index (χ1v) is 12.3. The second kappa shape index (κ2) is 12.0. The van der Waals surface area contributed by atoms with Gasteiger partial charge < -0.3 is 14.8 Å². The molecule has 1 heterocycles. The highest BCUT2D eigenvalue weighted by Gasteiger charge is 2.12. The number of aromatic nitrogens is 4. The lowest BCUT2D eigenvalue weighted by atomic mass is 10.2. The molecule has 0 atom stereocenters. The van der Waals surface area contributed by atoms with Crippen molar-refractivity contribution < 1.29 is 13.9 Å². The molecule has 0 saturated carbocycles. The van der Waals surface area contributed by atoms with E-state index in [-0.39, 0.29) is 12.4 Å². The highest BCUT2D eigenvalue weighted by atomic mass is 79.9. The Morgan fingerprint density at radius 1 is 1.03 bits per heavy atom. The van der Waals surface area contributed by atoms with Crippen molar-refractivity contribution in [1.82, 2.24) is 25.5 Å². The van der Waals surface area contributed by atoms with E-state index < -0.39 is 0 Å². The number of ether oxygens (including phenoxy) is 2. The molecule has 1 aromatic heterocycles. The maximum absolute atomic E-state index is 13.9. The molecule has 10 heteroatoms. The van der Waals surface area contributed by atoms with E-state index in [9.17, 15) is 4.39 Å². The number of nitrogens with zero attached hydrogens (tertiary/aromatic N) is 4. The molecule has 0 fully saturated rings. The average molecular weight is 544 g/mol. The van der Waals surface area contributed by atoms with Crippen LogP contribution in [0.5, 0.6) is 11.5 Å². The number of hydrogen-bond donors (Lipinski definition) is 1. The predicted molar refractivity (Wildman–Crippen MR) is 133 cm³/mol. The van der Waals surface area contributed by atoms with Crippen molar-refractivity contribution in [3.8, 4) is 17.2 Å². The van der Waals surface area contributed by atoms with Crippen LogP contribution in [0.2, 0.25) is 0 Å². The molecule has 7 nitrogen and oxygen atoms in total. The van der Waals surface area contributed by atoms with Crippen LogP contribution in [-0.2, 0) is 13.2 Å². The summed E-state index contributed by atoms with van der Waals surface area (Å²) in [5.41, 5.74) is 2.44. The van der Waals surface area contributed by atoms with Crippen molar-refractivity contribution in [3.63, 3.8) is 0 Å². The summed E-state index contributed by atoms with van der Waals surface area (Å²) in [6.07, 6.45) is 0.